The SMILES string of the molecule is C=C1CC/C=C\C(=O)OC(/C(C)=C/C=C/C(C)CC2OC2C(C)C(O)CC)C(C)/C=C/C1OC(C)=O. The molecule has 0 radical (unpaired) electrons. The van der Waals surface area contributed by atoms with Gasteiger partial charge in [-0.1, -0.05) is 64.7 Å². The predicted octanol–water partition coefficient (Wildman–Crippen LogP) is 5.63. The van der Waals surface area contributed by atoms with Gasteiger partial charge in [-0.15, -0.1) is 0 Å². The molecule has 2 rings (SSSR count). The van der Waals surface area contributed by atoms with Gasteiger partial charge in [0.05, 0.1) is 18.3 Å². The van der Waals surface area contributed by atoms with Crippen molar-refractivity contribution in [3.63, 3.8) is 0 Å². The lowest BCUT2D eigenvalue weighted by Gasteiger charge is -2.24. The smallest absolute Gasteiger partial charge is 0.331 e. The molecule has 36 heavy (non-hydrogen) atoms. The van der Waals surface area contributed by atoms with Crippen LogP contribution in [0.5, 0.6) is 0 Å². The minimum atomic E-state index is -0.506. The highest BCUT2D eigenvalue weighted by Crippen LogP contribution is 2.36. The van der Waals surface area contributed by atoms with E-state index in [1.54, 1.807) is 6.08 Å². The number of hydrogen-bond acceptors (Lipinski definition) is 6. The van der Waals surface area contributed by atoms with Crippen molar-refractivity contribution >= 4 is 11.9 Å². The van der Waals surface area contributed by atoms with Gasteiger partial charge in [0, 0.05) is 24.8 Å². The standard InChI is InChI=1S/C30H44O6/c1-8-25(32)23(6)30-27(35-30)18-19(2)12-11-14-21(4)29-22(5)16-17-26(34-24(7)31)20(3)13-9-10-15-28(33)36-29/h10-12,14-17,19,22-23,25-27,29-30,32H,3,8-9,13,18H2,1-2,4-7H3/b12-11+,15-10-,17-16+,21-14+. The van der Waals surface area contributed by atoms with Crippen LogP contribution in [0.15, 0.2) is 60.3 Å². The van der Waals surface area contributed by atoms with Crippen LogP contribution in [-0.2, 0) is 23.8 Å². The number of aliphatic hydroxyl groups excluding tert-OH is 1. The summed E-state index contributed by atoms with van der Waals surface area (Å²) in [5, 5.41) is 10.0. The molecule has 0 aromatic carbocycles. The molecule has 1 N–H and O–H groups in total. The van der Waals surface area contributed by atoms with Crippen LogP contribution in [0, 0.1) is 17.8 Å². The summed E-state index contributed by atoms with van der Waals surface area (Å²) in [4.78, 5) is 24.0. The maximum Gasteiger partial charge on any atom is 0.331 e. The van der Waals surface area contributed by atoms with Gasteiger partial charge < -0.3 is 19.3 Å². The second-order valence-electron chi connectivity index (χ2n) is 10.2. The average Bonchev–Trinajstić information content (AvgIpc) is 3.59. The van der Waals surface area contributed by atoms with Gasteiger partial charge >= 0.3 is 11.9 Å². The minimum absolute atomic E-state index is 0.135. The third kappa shape index (κ3) is 9.55. The molecule has 0 aromatic heterocycles. The second-order valence-corrected chi connectivity index (χ2v) is 10.2. The maximum absolute atomic E-state index is 12.4. The molecule has 6 nitrogen and oxygen atoms in total. The predicted molar refractivity (Wildman–Crippen MR) is 142 cm³/mol. The molecule has 0 aromatic rings. The van der Waals surface area contributed by atoms with Gasteiger partial charge in [0.2, 0.25) is 0 Å². The number of carbonyl (C=O) groups is 2. The summed E-state index contributed by atoms with van der Waals surface area (Å²) >= 11 is 0. The van der Waals surface area contributed by atoms with Gasteiger partial charge in [-0.2, -0.15) is 0 Å². The van der Waals surface area contributed by atoms with Gasteiger partial charge in [-0.05, 0) is 55.7 Å². The first kappa shape index (κ1) is 29.8. The molecule has 0 spiro atoms. The van der Waals surface area contributed by atoms with E-state index in [1.807, 2.05) is 52.0 Å². The summed E-state index contributed by atoms with van der Waals surface area (Å²) in [7, 11) is 0. The van der Waals surface area contributed by atoms with E-state index >= 15 is 0 Å². The Morgan fingerprint density at radius 3 is 2.69 bits per heavy atom. The molecule has 8 atom stereocenters. The van der Waals surface area contributed by atoms with Crippen LogP contribution in [0.1, 0.15) is 67.2 Å². The van der Waals surface area contributed by atoms with E-state index in [-0.39, 0.29) is 42.1 Å². The Hall–Kier alpha value is -2.44. The summed E-state index contributed by atoms with van der Waals surface area (Å²) in [6.45, 7) is 15.5. The van der Waals surface area contributed by atoms with E-state index in [9.17, 15) is 14.7 Å². The molecular formula is C30H44O6. The van der Waals surface area contributed by atoms with Crippen molar-refractivity contribution in [1.29, 1.82) is 0 Å². The van der Waals surface area contributed by atoms with E-state index < -0.39 is 12.2 Å². The molecule has 0 amide bonds. The Balaban J connectivity index is 2.06. The van der Waals surface area contributed by atoms with Gasteiger partial charge in [-0.3, -0.25) is 4.79 Å². The topological polar surface area (TPSA) is 85.4 Å². The molecule has 200 valence electrons. The van der Waals surface area contributed by atoms with Crippen molar-refractivity contribution in [2.24, 2.45) is 17.8 Å². The highest BCUT2D eigenvalue weighted by atomic mass is 16.6. The lowest BCUT2D eigenvalue weighted by Crippen LogP contribution is -2.25. The van der Waals surface area contributed by atoms with Crippen LogP contribution in [-0.4, -0.2) is 47.6 Å². The molecule has 0 bridgehead atoms. The molecule has 1 fully saturated rings. The first-order valence-electron chi connectivity index (χ1n) is 13.1. The number of allylic oxidation sites excluding steroid dienone is 4. The molecule has 2 heterocycles. The molecule has 2 aliphatic heterocycles. The zero-order chi connectivity index (χ0) is 26.8. The molecule has 6 heteroatoms. The summed E-state index contributed by atoms with van der Waals surface area (Å²) in [5.74, 6) is -0.423. The minimum Gasteiger partial charge on any atom is -0.454 e. The number of carbonyl (C=O) groups excluding carboxylic acids is 2. The molecular weight excluding hydrogens is 456 g/mol. The van der Waals surface area contributed by atoms with Crippen LogP contribution in [0.25, 0.3) is 0 Å². The van der Waals surface area contributed by atoms with E-state index in [0.717, 1.165) is 24.0 Å². The number of rotatable bonds is 9. The summed E-state index contributed by atoms with van der Waals surface area (Å²) in [5.41, 5.74) is 1.70. The van der Waals surface area contributed by atoms with Gasteiger partial charge in [0.1, 0.15) is 12.2 Å². The first-order valence-corrected chi connectivity index (χ1v) is 13.1. The highest BCUT2D eigenvalue weighted by Gasteiger charge is 2.44. The monoisotopic (exact) mass is 500 g/mol. The van der Waals surface area contributed by atoms with Gasteiger partial charge in [0.25, 0.3) is 0 Å². The molecule has 0 saturated carbocycles. The van der Waals surface area contributed by atoms with E-state index in [4.69, 9.17) is 14.2 Å². The number of epoxide rings is 1. The summed E-state index contributed by atoms with van der Waals surface area (Å²) in [6.07, 6.45) is 15.0. The number of ether oxygens (including phenoxy) is 3. The van der Waals surface area contributed by atoms with Crippen LogP contribution in [0.3, 0.4) is 0 Å². The van der Waals surface area contributed by atoms with Crippen molar-refractivity contribution in [3.8, 4) is 0 Å². The third-order valence-electron chi connectivity index (χ3n) is 6.91. The largest absolute Gasteiger partial charge is 0.454 e. The fourth-order valence-electron chi connectivity index (χ4n) is 4.52. The number of esters is 2. The zero-order valence-corrected chi connectivity index (χ0v) is 22.7. The maximum atomic E-state index is 12.4. The number of hydrogen-bond donors (Lipinski definition) is 1. The highest BCUT2D eigenvalue weighted by molar-refractivity contribution is 5.82. The summed E-state index contributed by atoms with van der Waals surface area (Å²) < 4.78 is 17.0. The fourth-order valence-corrected chi connectivity index (χ4v) is 4.52. The molecule has 1 saturated heterocycles. The van der Waals surface area contributed by atoms with E-state index in [0.29, 0.717) is 18.8 Å². The van der Waals surface area contributed by atoms with E-state index in [1.165, 1.54) is 13.0 Å². The first-order chi connectivity index (χ1) is 17.0. The number of aliphatic hydroxyl groups is 1. The Bertz CT molecular complexity index is 882. The van der Waals surface area contributed by atoms with Crippen LogP contribution in [0.2, 0.25) is 0 Å². The Labute approximate surface area is 216 Å². The van der Waals surface area contributed by atoms with Crippen LogP contribution in [0.4, 0.5) is 0 Å². The molecule has 8 unspecified atom stereocenters. The van der Waals surface area contributed by atoms with Crippen LogP contribution >= 0.6 is 0 Å². The Morgan fingerprint density at radius 2 is 2.03 bits per heavy atom. The van der Waals surface area contributed by atoms with Crippen molar-refractivity contribution in [2.45, 2.75) is 97.7 Å². The lowest BCUT2D eigenvalue weighted by molar-refractivity contribution is -0.143. The normalized spacial score (nSPS) is 32.0. The Kier molecular flexibility index (Phi) is 11.9. The average molecular weight is 501 g/mol. The van der Waals surface area contributed by atoms with Crippen LogP contribution < -0.4 is 0 Å². The molecule has 0 aliphatic carbocycles. The van der Waals surface area contributed by atoms with Crippen molar-refractivity contribution < 1.29 is 28.9 Å². The number of cyclic esters (lactones) is 1. The lowest BCUT2D eigenvalue weighted by atomic mass is 9.93. The van der Waals surface area contributed by atoms with Gasteiger partial charge in [0.15, 0.2) is 0 Å². The summed E-state index contributed by atoms with van der Waals surface area (Å²) in [6, 6.07) is 0. The van der Waals surface area contributed by atoms with Crippen molar-refractivity contribution in [1.82, 2.24) is 0 Å². The fraction of sp³-hybridized carbons (Fsp3) is 0.600. The Morgan fingerprint density at radius 1 is 1.31 bits per heavy atom. The van der Waals surface area contributed by atoms with Gasteiger partial charge in [-0.25, -0.2) is 4.79 Å². The van der Waals surface area contributed by atoms with E-state index in [2.05, 4.69) is 19.6 Å². The third-order valence-corrected chi connectivity index (χ3v) is 6.91. The van der Waals surface area contributed by atoms with Crippen molar-refractivity contribution in [3.05, 3.63) is 60.3 Å². The zero-order valence-electron chi connectivity index (χ0n) is 22.7. The molecule has 2 aliphatic rings. The second kappa shape index (κ2) is 14.3. The van der Waals surface area contributed by atoms with Crippen molar-refractivity contribution in [2.75, 3.05) is 0 Å². The quantitative estimate of drug-likeness (QED) is 0.191.